The summed E-state index contributed by atoms with van der Waals surface area (Å²) in [7, 11) is 1.53. The Kier molecular flexibility index (Phi) is 43.7. The van der Waals surface area contributed by atoms with Crippen molar-refractivity contribution in [2.45, 2.75) is 206 Å². The van der Waals surface area contributed by atoms with Crippen molar-refractivity contribution in [3.05, 3.63) is 97.2 Å². The van der Waals surface area contributed by atoms with E-state index in [1.807, 2.05) is 27.2 Å². The molecule has 0 aliphatic carbocycles. The largest absolute Gasteiger partial charge is 0.472 e. The van der Waals surface area contributed by atoms with Crippen molar-refractivity contribution in [1.82, 2.24) is 5.32 Å². The Hall–Kier alpha value is -2.58. The van der Waals surface area contributed by atoms with E-state index in [4.69, 9.17) is 9.05 Å². The number of hydrogen-bond acceptors (Lipinski definition) is 5. The molecule has 9 heteroatoms. The third-order valence-corrected chi connectivity index (χ3v) is 11.7. The number of allylic oxidation sites excluding steroid dienone is 15. The van der Waals surface area contributed by atoms with Crippen LogP contribution in [0.4, 0.5) is 0 Å². The van der Waals surface area contributed by atoms with Crippen LogP contribution in [0, 0.1) is 0 Å². The molecule has 0 radical (unpaired) electrons. The Balaban J connectivity index is 4.22. The fourth-order valence-corrected chi connectivity index (χ4v) is 7.48. The van der Waals surface area contributed by atoms with Gasteiger partial charge < -0.3 is 19.8 Å². The molecule has 0 spiro atoms. The summed E-state index contributed by atoms with van der Waals surface area (Å²) in [6.45, 7) is 4.62. The van der Waals surface area contributed by atoms with E-state index in [0.717, 1.165) is 83.5 Å². The quantitative estimate of drug-likeness (QED) is 0.0243. The highest BCUT2D eigenvalue weighted by molar-refractivity contribution is 7.47. The highest BCUT2D eigenvalue weighted by atomic mass is 31.2. The minimum atomic E-state index is -4.36. The molecule has 8 nitrogen and oxygen atoms in total. The van der Waals surface area contributed by atoms with Gasteiger partial charge >= 0.3 is 7.82 Å². The minimum Gasteiger partial charge on any atom is -0.387 e. The molecule has 368 valence electrons. The molecule has 64 heavy (non-hydrogen) atoms. The zero-order chi connectivity index (χ0) is 47.1. The first-order chi connectivity index (χ1) is 31.0. The lowest BCUT2D eigenvalue weighted by atomic mass is 10.0. The lowest BCUT2D eigenvalue weighted by molar-refractivity contribution is -0.870. The van der Waals surface area contributed by atoms with Crippen LogP contribution in [-0.4, -0.2) is 73.4 Å². The number of phosphoric ester groups is 1. The summed E-state index contributed by atoms with van der Waals surface area (Å²) in [5, 5.41) is 13.8. The summed E-state index contributed by atoms with van der Waals surface area (Å²) in [4.78, 5) is 23.2. The number of hydrogen-bond donors (Lipinski definition) is 3. The van der Waals surface area contributed by atoms with Crippen molar-refractivity contribution in [3.63, 3.8) is 0 Å². The summed E-state index contributed by atoms with van der Waals surface area (Å²) in [6, 6.07) is -0.875. The van der Waals surface area contributed by atoms with Gasteiger partial charge in [0.05, 0.1) is 39.9 Å². The Bertz CT molecular complexity index is 1360. The summed E-state index contributed by atoms with van der Waals surface area (Å²) in [5.74, 6) is -0.198. The van der Waals surface area contributed by atoms with Crippen molar-refractivity contribution in [2.24, 2.45) is 0 Å². The molecular weight excluding hydrogens is 816 g/mol. The fraction of sp³-hybridized carbons (Fsp3) is 0.691. The second-order valence-corrected chi connectivity index (χ2v) is 19.6. The molecule has 0 bridgehead atoms. The molecule has 0 aliphatic rings. The molecule has 0 aromatic rings. The van der Waals surface area contributed by atoms with Crippen molar-refractivity contribution in [3.8, 4) is 0 Å². The number of carbonyl (C=O) groups excluding carboxylic acids is 1. The number of amides is 1. The van der Waals surface area contributed by atoms with Crippen LogP contribution in [0.3, 0.4) is 0 Å². The Morgan fingerprint density at radius 2 is 0.953 bits per heavy atom. The maximum atomic E-state index is 12.9. The number of nitrogens with zero attached hydrogens (tertiary/aromatic N) is 1. The Labute approximate surface area is 394 Å². The zero-order valence-corrected chi connectivity index (χ0v) is 42.6. The molecule has 0 rings (SSSR count). The maximum absolute atomic E-state index is 12.9. The van der Waals surface area contributed by atoms with E-state index in [0.29, 0.717) is 17.4 Å². The summed E-state index contributed by atoms with van der Waals surface area (Å²) in [5.41, 5.74) is 0. The highest BCUT2D eigenvalue weighted by Gasteiger charge is 2.27. The first kappa shape index (κ1) is 61.4. The minimum absolute atomic E-state index is 0.0490. The predicted octanol–water partition coefficient (Wildman–Crippen LogP) is 15.1. The second-order valence-electron chi connectivity index (χ2n) is 18.1. The number of carbonyl (C=O) groups is 1. The van der Waals surface area contributed by atoms with Gasteiger partial charge in [-0.2, -0.15) is 0 Å². The highest BCUT2D eigenvalue weighted by Crippen LogP contribution is 2.43. The van der Waals surface area contributed by atoms with E-state index in [1.165, 1.54) is 89.9 Å². The van der Waals surface area contributed by atoms with Gasteiger partial charge in [0.1, 0.15) is 13.2 Å². The second kappa shape index (κ2) is 45.6. The molecule has 0 saturated carbocycles. The van der Waals surface area contributed by atoms with Crippen LogP contribution in [0.2, 0.25) is 0 Å². The SMILES string of the molecule is CC/C=C\C/C=C\C/C=C\C/C=C\C/C=C\CCCCCCCCCCCCCCCC(=O)NC(COP(=O)(O)OCC[N+](C)(C)C)C(O)/C=C/CC/C=C/CC/C=C/CCCCC. The van der Waals surface area contributed by atoms with Gasteiger partial charge in [0.15, 0.2) is 0 Å². The van der Waals surface area contributed by atoms with E-state index in [9.17, 15) is 19.4 Å². The number of phosphoric acid groups is 1. The molecule has 0 heterocycles. The lowest BCUT2D eigenvalue weighted by Gasteiger charge is -2.25. The molecule has 0 fully saturated rings. The topological polar surface area (TPSA) is 105 Å². The van der Waals surface area contributed by atoms with E-state index >= 15 is 0 Å². The fourth-order valence-electron chi connectivity index (χ4n) is 6.75. The maximum Gasteiger partial charge on any atom is 0.472 e. The van der Waals surface area contributed by atoms with Gasteiger partial charge in [-0.25, -0.2) is 4.57 Å². The Morgan fingerprint density at radius 3 is 1.44 bits per heavy atom. The van der Waals surface area contributed by atoms with E-state index < -0.39 is 20.0 Å². The van der Waals surface area contributed by atoms with Crippen LogP contribution in [0.5, 0.6) is 0 Å². The molecule has 0 aromatic heterocycles. The molecular formula is C55H98N2O6P+. The van der Waals surface area contributed by atoms with Crippen LogP contribution in [0.15, 0.2) is 97.2 Å². The van der Waals surface area contributed by atoms with Crippen molar-refractivity contribution >= 4 is 13.7 Å². The number of aliphatic hydroxyl groups is 1. The summed E-state index contributed by atoms with van der Waals surface area (Å²) in [6.07, 6.45) is 65.0. The van der Waals surface area contributed by atoms with Gasteiger partial charge in [-0.05, 0) is 89.9 Å². The zero-order valence-electron chi connectivity index (χ0n) is 41.7. The van der Waals surface area contributed by atoms with Crippen LogP contribution < -0.4 is 5.32 Å². The van der Waals surface area contributed by atoms with E-state index in [2.05, 4.69) is 104 Å². The molecule has 0 aliphatic heterocycles. The molecule has 3 unspecified atom stereocenters. The lowest BCUT2D eigenvalue weighted by Crippen LogP contribution is -2.45. The number of rotatable bonds is 45. The number of quaternary nitrogens is 1. The smallest absolute Gasteiger partial charge is 0.387 e. The van der Waals surface area contributed by atoms with Gasteiger partial charge in [-0.3, -0.25) is 13.8 Å². The summed E-state index contributed by atoms with van der Waals surface area (Å²) >= 11 is 0. The number of unbranched alkanes of at least 4 members (excludes halogenated alkanes) is 18. The van der Waals surface area contributed by atoms with Gasteiger partial charge in [-0.1, -0.05) is 195 Å². The average Bonchev–Trinajstić information content (AvgIpc) is 3.25. The molecule has 0 saturated heterocycles. The standard InChI is InChI=1S/C55H97N2O6P/c1-6-8-10-12-14-16-18-20-21-22-23-24-25-26-27-28-29-30-31-32-33-34-35-37-39-41-43-45-47-49-55(59)56-53(52-63-64(60,61)62-51-50-57(3,4)5)54(58)48-46-44-42-40-38-36-19-17-15-13-11-9-7-2/h8,10,14-17,20-21,23-24,26-27,38,40,46,48,53-54,58H,6-7,9,11-13,18-19,22,25,28-37,39,41-45,47,49-52H2,1-5H3,(H-,56,59,60,61)/p+1/b10-8-,16-14-,17-15+,21-20-,24-23-,27-26-,40-38+,48-46+. The third kappa shape index (κ3) is 47.4. The van der Waals surface area contributed by atoms with Gasteiger partial charge in [0, 0.05) is 6.42 Å². The van der Waals surface area contributed by atoms with Crippen molar-refractivity contribution in [1.29, 1.82) is 0 Å². The van der Waals surface area contributed by atoms with Crippen LogP contribution in [-0.2, 0) is 18.4 Å². The monoisotopic (exact) mass is 914 g/mol. The normalized spacial score (nSPS) is 14.9. The van der Waals surface area contributed by atoms with Crippen LogP contribution in [0.25, 0.3) is 0 Å². The summed E-state index contributed by atoms with van der Waals surface area (Å²) < 4.78 is 23.6. The first-order valence-corrected chi connectivity index (χ1v) is 27.1. The van der Waals surface area contributed by atoms with Crippen LogP contribution >= 0.6 is 7.82 Å². The van der Waals surface area contributed by atoms with Crippen molar-refractivity contribution < 1.29 is 32.9 Å². The van der Waals surface area contributed by atoms with E-state index in [-0.39, 0.29) is 19.1 Å². The number of nitrogens with one attached hydrogen (secondary N) is 1. The van der Waals surface area contributed by atoms with E-state index in [1.54, 1.807) is 6.08 Å². The van der Waals surface area contributed by atoms with Crippen molar-refractivity contribution in [2.75, 3.05) is 40.9 Å². The molecule has 3 atom stereocenters. The average molecular weight is 914 g/mol. The molecule has 3 N–H and O–H groups in total. The number of aliphatic hydroxyl groups excluding tert-OH is 1. The molecule has 0 aromatic carbocycles. The van der Waals surface area contributed by atoms with Gasteiger partial charge in [0.25, 0.3) is 0 Å². The van der Waals surface area contributed by atoms with Gasteiger partial charge in [0.2, 0.25) is 5.91 Å². The third-order valence-electron chi connectivity index (χ3n) is 10.8. The Morgan fingerprint density at radius 1 is 0.547 bits per heavy atom. The van der Waals surface area contributed by atoms with Gasteiger partial charge in [-0.15, -0.1) is 0 Å². The van der Waals surface area contributed by atoms with Crippen LogP contribution in [0.1, 0.15) is 194 Å². The molecule has 1 amide bonds. The predicted molar refractivity (Wildman–Crippen MR) is 276 cm³/mol. The number of likely N-dealkylation sites (N-methyl/N-ethyl adjacent to an activating group) is 1. The first-order valence-electron chi connectivity index (χ1n) is 25.6.